The van der Waals surface area contributed by atoms with Crippen molar-refractivity contribution in [3.05, 3.63) is 53.6 Å². The molecule has 36 heavy (non-hydrogen) atoms. The summed E-state index contributed by atoms with van der Waals surface area (Å²) in [5.41, 5.74) is -0.502. The number of piperazine rings is 1. The van der Waals surface area contributed by atoms with Gasteiger partial charge in [-0.05, 0) is 37.3 Å². The number of carbonyl (C=O) groups excluding carboxylic acids is 1. The fourth-order valence-electron chi connectivity index (χ4n) is 3.88. The summed E-state index contributed by atoms with van der Waals surface area (Å²) in [5.74, 6) is -0.903. The molecule has 1 saturated heterocycles. The first-order chi connectivity index (χ1) is 16.7. The second kappa shape index (κ2) is 10.2. The third-order valence-electron chi connectivity index (χ3n) is 5.93. The maximum atomic E-state index is 13.4. The van der Waals surface area contributed by atoms with E-state index in [0.29, 0.717) is 12.1 Å². The number of halogens is 6. The van der Waals surface area contributed by atoms with E-state index in [1.165, 1.54) is 36.1 Å². The molecule has 0 bridgehead atoms. The van der Waals surface area contributed by atoms with E-state index in [1.807, 2.05) is 0 Å². The Labute approximate surface area is 204 Å². The highest BCUT2D eigenvalue weighted by molar-refractivity contribution is 7.91. The normalized spacial score (nSPS) is 18.2. The summed E-state index contributed by atoms with van der Waals surface area (Å²) < 4.78 is 110. The largest absolute Gasteiger partial charge is 0.479 e. The molecule has 0 N–H and O–H groups in total. The second-order valence-electron chi connectivity index (χ2n) is 8.23. The number of ether oxygens (including phenoxy) is 1. The zero-order valence-corrected chi connectivity index (χ0v) is 20.1. The van der Waals surface area contributed by atoms with Crippen molar-refractivity contribution in [2.24, 2.45) is 0 Å². The molecule has 2 aromatic carbocycles. The maximum absolute atomic E-state index is 13.4. The molecule has 2 atom stereocenters. The minimum Gasteiger partial charge on any atom is -0.479 e. The number of rotatable bonds is 7. The van der Waals surface area contributed by atoms with E-state index in [0.717, 1.165) is 25.1 Å². The minimum absolute atomic E-state index is 0.0586. The van der Waals surface area contributed by atoms with Gasteiger partial charge in [0.05, 0.1) is 17.4 Å². The molecule has 0 aliphatic carbocycles. The lowest BCUT2D eigenvalue weighted by atomic mass is 10.00. The van der Waals surface area contributed by atoms with E-state index < -0.39 is 56.3 Å². The van der Waals surface area contributed by atoms with Crippen LogP contribution in [0.25, 0.3) is 0 Å². The number of hydrogen-bond acceptors (Lipinski definition) is 5. The van der Waals surface area contributed by atoms with Crippen molar-refractivity contribution in [2.75, 3.05) is 30.3 Å². The van der Waals surface area contributed by atoms with Crippen LogP contribution in [0.3, 0.4) is 0 Å². The minimum atomic E-state index is -4.80. The van der Waals surface area contributed by atoms with E-state index in [9.17, 15) is 39.6 Å². The highest BCUT2D eigenvalue weighted by Crippen LogP contribution is 2.41. The predicted octanol–water partition coefficient (Wildman–Crippen LogP) is 4.85. The number of carbonyl (C=O) groups is 1. The highest BCUT2D eigenvalue weighted by Gasteiger charge is 2.41. The quantitative estimate of drug-likeness (QED) is 0.373. The van der Waals surface area contributed by atoms with E-state index >= 15 is 0 Å². The standard InChI is InChI=1S/C23H24F6N2O4S/c1-3-36(33,34)20-6-4-5-18(21(20)35-15(2)22(24,25)26)19-13-30(14-32)11-12-31(19)17-9-7-16(8-10-17)23(27,28)29/h4-10,14-15,19H,3,11-13H2,1-2H3. The van der Waals surface area contributed by atoms with Crippen LogP contribution in [0.1, 0.15) is 31.0 Å². The topological polar surface area (TPSA) is 66.9 Å². The Kier molecular flexibility index (Phi) is 7.82. The predicted molar refractivity (Wildman–Crippen MR) is 119 cm³/mol. The fourth-order valence-corrected chi connectivity index (χ4v) is 4.93. The third-order valence-corrected chi connectivity index (χ3v) is 7.68. The van der Waals surface area contributed by atoms with Crippen LogP contribution in [-0.4, -0.2) is 57.4 Å². The van der Waals surface area contributed by atoms with Crippen molar-refractivity contribution in [1.29, 1.82) is 0 Å². The first kappa shape index (κ1) is 27.6. The van der Waals surface area contributed by atoms with E-state index in [-0.39, 0.29) is 25.2 Å². The molecule has 6 nitrogen and oxygen atoms in total. The average molecular weight is 539 g/mol. The smallest absolute Gasteiger partial charge is 0.425 e. The Morgan fingerprint density at radius 2 is 1.69 bits per heavy atom. The van der Waals surface area contributed by atoms with Gasteiger partial charge in [-0.2, -0.15) is 26.3 Å². The molecular formula is C23H24F6N2O4S. The lowest BCUT2D eigenvalue weighted by Gasteiger charge is -2.42. The van der Waals surface area contributed by atoms with E-state index in [4.69, 9.17) is 4.74 Å². The molecule has 2 unspecified atom stereocenters. The molecular weight excluding hydrogens is 514 g/mol. The number of amides is 1. The summed E-state index contributed by atoms with van der Waals surface area (Å²) in [5, 5.41) is 0. The summed E-state index contributed by atoms with van der Waals surface area (Å²) in [6, 6.07) is 7.18. The number of hydrogen-bond donors (Lipinski definition) is 0. The molecule has 0 saturated carbocycles. The number of nitrogens with zero attached hydrogens (tertiary/aromatic N) is 2. The van der Waals surface area contributed by atoms with Crippen LogP contribution in [0.5, 0.6) is 5.75 Å². The zero-order valence-electron chi connectivity index (χ0n) is 19.3. The summed E-state index contributed by atoms with van der Waals surface area (Å²) in [4.78, 5) is 14.0. The second-order valence-corrected chi connectivity index (χ2v) is 10.5. The molecule has 2 aromatic rings. The lowest BCUT2D eigenvalue weighted by molar-refractivity contribution is -0.189. The third kappa shape index (κ3) is 5.88. The van der Waals surface area contributed by atoms with Gasteiger partial charge in [-0.25, -0.2) is 8.42 Å². The van der Waals surface area contributed by atoms with Gasteiger partial charge >= 0.3 is 12.4 Å². The van der Waals surface area contributed by atoms with Gasteiger partial charge in [0.25, 0.3) is 0 Å². The summed E-state index contributed by atoms with van der Waals surface area (Å²) in [7, 11) is -4.02. The lowest BCUT2D eigenvalue weighted by Crippen LogP contribution is -2.48. The van der Waals surface area contributed by atoms with Crippen LogP contribution in [0.4, 0.5) is 32.0 Å². The number of para-hydroxylation sites is 1. The van der Waals surface area contributed by atoms with Crippen molar-refractivity contribution in [3.8, 4) is 5.75 Å². The van der Waals surface area contributed by atoms with Gasteiger partial charge in [0, 0.05) is 30.9 Å². The van der Waals surface area contributed by atoms with Gasteiger partial charge < -0.3 is 14.5 Å². The molecule has 3 rings (SSSR count). The average Bonchev–Trinajstić information content (AvgIpc) is 2.82. The van der Waals surface area contributed by atoms with Crippen LogP contribution in [0.2, 0.25) is 0 Å². The van der Waals surface area contributed by atoms with Crippen LogP contribution >= 0.6 is 0 Å². The number of sulfone groups is 1. The van der Waals surface area contributed by atoms with Crippen molar-refractivity contribution in [2.45, 2.75) is 43.2 Å². The number of benzene rings is 2. The monoisotopic (exact) mass is 538 g/mol. The number of alkyl halides is 6. The van der Waals surface area contributed by atoms with Gasteiger partial charge in [-0.1, -0.05) is 19.1 Å². The molecule has 1 aliphatic rings. The van der Waals surface area contributed by atoms with Crippen molar-refractivity contribution in [3.63, 3.8) is 0 Å². The molecule has 1 aliphatic heterocycles. The van der Waals surface area contributed by atoms with Gasteiger partial charge in [0.15, 0.2) is 15.9 Å². The summed E-state index contributed by atoms with van der Waals surface area (Å²) in [6.07, 6.45) is -11.2. The van der Waals surface area contributed by atoms with Crippen LogP contribution in [-0.2, 0) is 20.8 Å². The SMILES string of the molecule is CCS(=O)(=O)c1cccc(C2CN(C=O)CCN2c2ccc(C(F)(F)F)cc2)c1OC(C)C(F)(F)F. The summed E-state index contributed by atoms with van der Waals surface area (Å²) in [6.45, 7) is 2.35. The molecule has 0 aromatic heterocycles. The van der Waals surface area contributed by atoms with Crippen molar-refractivity contribution < 1.29 is 44.3 Å². The van der Waals surface area contributed by atoms with E-state index in [2.05, 4.69) is 0 Å². The Bertz CT molecular complexity index is 1180. The first-order valence-electron chi connectivity index (χ1n) is 10.9. The van der Waals surface area contributed by atoms with Crippen LogP contribution in [0.15, 0.2) is 47.4 Å². The van der Waals surface area contributed by atoms with Crippen LogP contribution < -0.4 is 9.64 Å². The van der Waals surface area contributed by atoms with Gasteiger partial charge in [-0.15, -0.1) is 0 Å². The van der Waals surface area contributed by atoms with Gasteiger partial charge in [0.2, 0.25) is 6.41 Å². The molecule has 1 fully saturated rings. The first-order valence-corrected chi connectivity index (χ1v) is 12.6. The highest BCUT2D eigenvalue weighted by atomic mass is 32.2. The summed E-state index contributed by atoms with van der Waals surface area (Å²) >= 11 is 0. The Hall–Kier alpha value is -2.96. The Morgan fingerprint density at radius 3 is 2.22 bits per heavy atom. The van der Waals surface area contributed by atoms with Gasteiger partial charge in [-0.3, -0.25) is 4.79 Å². The number of anilines is 1. The van der Waals surface area contributed by atoms with Crippen LogP contribution in [0, 0.1) is 0 Å². The Morgan fingerprint density at radius 1 is 1.06 bits per heavy atom. The fraction of sp³-hybridized carbons (Fsp3) is 0.435. The molecule has 0 spiro atoms. The molecule has 0 radical (unpaired) electrons. The zero-order chi connectivity index (χ0) is 26.9. The van der Waals surface area contributed by atoms with Crippen molar-refractivity contribution in [1.82, 2.24) is 4.90 Å². The Balaban J connectivity index is 2.17. The molecule has 13 heteroatoms. The van der Waals surface area contributed by atoms with E-state index in [1.54, 1.807) is 4.90 Å². The molecule has 1 amide bonds. The van der Waals surface area contributed by atoms with Crippen molar-refractivity contribution >= 4 is 21.9 Å². The molecule has 1 heterocycles. The molecule has 198 valence electrons. The maximum Gasteiger partial charge on any atom is 0.425 e. The van der Waals surface area contributed by atoms with Gasteiger partial charge in [0.1, 0.15) is 10.6 Å².